The maximum Gasteiger partial charge on any atom is 0.449 e. The van der Waals surface area contributed by atoms with E-state index < -0.39 is 28.2 Å². The van der Waals surface area contributed by atoms with Crippen LogP contribution >= 0.6 is 23.2 Å². The van der Waals surface area contributed by atoms with Crippen molar-refractivity contribution in [3.8, 4) is 5.75 Å². The van der Waals surface area contributed by atoms with Gasteiger partial charge in [0.1, 0.15) is 12.4 Å². The zero-order valence-corrected chi connectivity index (χ0v) is 22.7. The fraction of sp³-hybridized carbons (Fsp3) is 0.321. The molecule has 0 aliphatic heterocycles. The van der Waals surface area contributed by atoms with Gasteiger partial charge >= 0.3 is 6.18 Å². The third-order valence-corrected chi connectivity index (χ3v) is 8.24. The SMILES string of the molecule is O=C(CCc1ccc(OCCS(=O)(=O)CCCC(c2ccc(Cl)cc2)c2ccc(Cl)cc2)cc1)C(F)(F)F. The van der Waals surface area contributed by atoms with Gasteiger partial charge in [-0.2, -0.15) is 13.2 Å². The first kappa shape index (κ1) is 30.0. The Morgan fingerprint density at radius 1 is 0.816 bits per heavy atom. The molecule has 4 nitrogen and oxygen atoms in total. The van der Waals surface area contributed by atoms with Gasteiger partial charge < -0.3 is 4.74 Å². The van der Waals surface area contributed by atoms with E-state index in [9.17, 15) is 26.4 Å². The summed E-state index contributed by atoms with van der Waals surface area (Å²) in [6, 6.07) is 21.2. The molecule has 0 aromatic heterocycles. The molecule has 3 aromatic carbocycles. The molecule has 0 unspecified atom stereocenters. The van der Waals surface area contributed by atoms with E-state index in [-0.39, 0.29) is 30.5 Å². The number of halogens is 5. The maximum atomic E-state index is 12.6. The lowest BCUT2D eigenvalue weighted by molar-refractivity contribution is -0.171. The third kappa shape index (κ3) is 9.64. The van der Waals surface area contributed by atoms with Crippen LogP contribution < -0.4 is 4.74 Å². The number of rotatable bonds is 13. The number of hydrogen-bond donors (Lipinski definition) is 0. The highest BCUT2D eigenvalue weighted by Gasteiger charge is 2.37. The van der Waals surface area contributed by atoms with Crippen LogP contribution in [0.4, 0.5) is 13.2 Å². The quantitative estimate of drug-likeness (QED) is 0.208. The lowest BCUT2D eigenvalue weighted by Gasteiger charge is -2.18. The fourth-order valence-corrected chi connectivity index (χ4v) is 5.36. The lowest BCUT2D eigenvalue weighted by Crippen LogP contribution is -2.22. The standard InChI is InChI=1S/C28H27Cl2F3O4S/c29-23-10-6-21(7-11-23)26(22-8-12-24(30)13-9-22)2-1-18-38(35,36)19-17-37-25-14-3-20(4-15-25)5-16-27(34)28(31,32)33/h3-4,6-15,26H,1-2,5,16-19H2. The second-order valence-electron chi connectivity index (χ2n) is 8.86. The Balaban J connectivity index is 1.48. The lowest BCUT2D eigenvalue weighted by atomic mass is 9.88. The third-order valence-electron chi connectivity index (χ3n) is 6.04. The minimum atomic E-state index is -4.83. The van der Waals surface area contributed by atoms with Crippen molar-refractivity contribution in [3.63, 3.8) is 0 Å². The van der Waals surface area contributed by atoms with Crippen molar-refractivity contribution in [3.05, 3.63) is 99.5 Å². The number of benzene rings is 3. The molecule has 3 rings (SSSR count). The zero-order valence-electron chi connectivity index (χ0n) is 20.4. The van der Waals surface area contributed by atoms with Crippen molar-refractivity contribution < 1.29 is 31.1 Å². The molecule has 204 valence electrons. The minimum Gasteiger partial charge on any atom is -0.493 e. The first-order chi connectivity index (χ1) is 17.9. The predicted octanol–water partition coefficient (Wildman–Crippen LogP) is 7.46. The van der Waals surface area contributed by atoms with Gasteiger partial charge in [-0.3, -0.25) is 4.79 Å². The number of ketones is 1. The van der Waals surface area contributed by atoms with Crippen LogP contribution in [-0.2, 0) is 21.1 Å². The molecule has 0 radical (unpaired) electrons. The number of carbonyl (C=O) groups is 1. The number of sulfone groups is 1. The van der Waals surface area contributed by atoms with Crippen LogP contribution in [-0.4, -0.2) is 38.5 Å². The summed E-state index contributed by atoms with van der Waals surface area (Å²) in [7, 11) is -3.38. The molecule has 10 heteroatoms. The highest BCUT2D eigenvalue weighted by Crippen LogP contribution is 2.31. The summed E-state index contributed by atoms with van der Waals surface area (Å²) in [4.78, 5) is 11.0. The van der Waals surface area contributed by atoms with E-state index in [2.05, 4.69) is 0 Å². The molecule has 0 amide bonds. The summed E-state index contributed by atoms with van der Waals surface area (Å²) < 4.78 is 67.7. The maximum absolute atomic E-state index is 12.6. The van der Waals surface area contributed by atoms with Gasteiger partial charge in [-0.05, 0) is 72.4 Å². The van der Waals surface area contributed by atoms with Crippen molar-refractivity contribution in [2.75, 3.05) is 18.1 Å². The van der Waals surface area contributed by atoms with Gasteiger partial charge in [0.05, 0.1) is 11.5 Å². The summed E-state index contributed by atoms with van der Waals surface area (Å²) in [5, 5.41) is 1.25. The molecule has 0 saturated heterocycles. The molecule has 0 aliphatic rings. The van der Waals surface area contributed by atoms with Gasteiger partial charge in [0.25, 0.3) is 0 Å². The average Bonchev–Trinajstić information content (AvgIpc) is 2.87. The molecular weight excluding hydrogens is 560 g/mol. The first-order valence-electron chi connectivity index (χ1n) is 12.0. The van der Waals surface area contributed by atoms with Gasteiger partial charge in [-0.15, -0.1) is 0 Å². The molecule has 38 heavy (non-hydrogen) atoms. The average molecular weight is 587 g/mol. The molecule has 0 saturated carbocycles. The monoisotopic (exact) mass is 586 g/mol. The number of alkyl halides is 3. The van der Waals surface area contributed by atoms with Crippen molar-refractivity contribution in [1.29, 1.82) is 0 Å². The highest BCUT2D eigenvalue weighted by molar-refractivity contribution is 7.91. The van der Waals surface area contributed by atoms with Crippen LogP contribution in [0.2, 0.25) is 10.0 Å². The van der Waals surface area contributed by atoms with Gasteiger partial charge in [-0.1, -0.05) is 59.6 Å². The van der Waals surface area contributed by atoms with Gasteiger partial charge in [-0.25, -0.2) is 8.42 Å². The van der Waals surface area contributed by atoms with E-state index in [1.165, 1.54) is 0 Å². The van der Waals surface area contributed by atoms with Crippen LogP contribution in [0.5, 0.6) is 5.75 Å². The highest BCUT2D eigenvalue weighted by atomic mass is 35.5. The molecule has 0 atom stereocenters. The largest absolute Gasteiger partial charge is 0.493 e. The van der Waals surface area contributed by atoms with E-state index in [0.29, 0.717) is 34.2 Å². The molecule has 0 heterocycles. The summed E-state index contributed by atoms with van der Waals surface area (Å²) in [5.41, 5.74) is 2.62. The molecule has 0 N–H and O–H groups in total. The normalized spacial score (nSPS) is 12.1. The number of ether oxygens (including phenoxy) is 1. The fourth-order valence-electron chi connectivity index (χ4n) is 3.96. The molecule has 0 bridgehead atoms. The zero-order chi connectivity index (χ0) is 27.8. The number of hydrogen-bond acceptors (Lipinski definition) is 4. The number of aryl methyl sites for hydroxylation is 1. The Morgan fingerprint density at radius 2 is 1.34 bits per heavy atom. The molecular formula is C28H27Cl2F3O4S. The number of Topliss-reactive ketones (excluding diaryl/α,β-unsaturated/α-hetero) is 1. The van der Waals surface area contributed by atoms with Crippen molar-refractivity contribution in [2.24, 2.45) is 0 Å². The Labute approximate surface area is 230 Å². The number of carbonyl (C=O) groups excluding carboxylic acids is 1. The predicted molar refractivity (Wildman–Crippen MR) is 144 cm³/mol. The summed E-state index contributed by atoms with van der Waals surface area (Å²) in [5.74, 6) is -1.55. The van der Waals surface area contributed by atoms with Crippen LogP contribution in [0, 0.1) is 0 Å². The molecule has 3 aromatic rings. The first-order valence-corrected chi connectivity index (χ1v) is 14.5. The Morgan fingerprint density at radius 3 is 1.84 bits per heavy atom. The Bertz CT molecular complexity index is 1250. The van der Waals surface area contributed by atoms with E-state index in [1.807, 2.05) is 48.5 Å². The summed E-state index contributed by atoms with van der Waals surface area (Å²) in [6.45, 7) is -0.0496. The summed E-state index contributed by atoms with van der Waals surface area (Å²) >= 11 is 12.1. The second kappa shape index (κ2) is 13.5. The van der Waals surface area contributed by atoms with E-state index in [0.717, 1.165) is 11.1 Å². The van der Waals surface area contributed by atoms with Gasteiger partial charge in [0.15, 0.2) is 9.84 Å². The van der Waals surface area contributed by atoms with E-state index in [4.69, 9.17) is 27.9 Å². The van der Waals surface area contributed by atoms with Crippen LogP contribution in [0.15, 0.2) is 72.8 Å². The second-order valence-corrected chi connectivity index (χ2v) is 12.0. The smallest absolute Gasteiger partial charge is 0.449 e. The van der Waals surface area contributed by atoms with Gasteiger partial charge in [0, 0.05) is 22.4 Å². The van der Waals surface area contributed by atoms with Crippen molar-refractivity contribution in [2.45, 2.75) is 37.8 Å². The molecule has 0 fully saturated rings. The van der Waals surface area contributed by atoms with Gasteiger partial charge in [0.2, 0.25) is 5.78 Å². The molecule has 0 aliphatic carbocycles. The van der Waals surface area contributed by atoms with Crippen LogP contribution in [0.1, 0.15) is 41.9 Å². The van der Waals surface area contributed by atoms with E-state index in [1.54, 1.807) is 24.3 Å². The van der Waals surface area contributed by atoms with E-state index >= 15 is 0 Å². The van der Waals surface area contributed by atoms with Crippen molar-refractivity contribution >= 4 is 38.8 Å². The Hall–Kier alpha value is -2.55. The molecule has 0 spiro atoms. The van der Waals surface area contributed by atoms with Crippen LogP contribution in [0.3, 0.4) is 0 Å². The minimum absolute atomic E-state index is 0.000210. The topological polar surface area (TPSA) is 60.4 Å². The van der Waals surface area contributed by atoms with Crippen molar-refractivity contribution in [1.82, 2.24) is 0 Å². The van der Waals surface area contributed by atoms with Crippen LogP contribution in [0.25, 0.3) is 0 Å². The Kier molecular flexibility index (Phi) is 10.7. The summed E-state index contributed by atoms with van der Waals surface area (Å²) in [6.07, 6.45) is -4.44.